The zero-order valence-electron chi connectivity index (χ0n) is 14.1. The molecule has 2 aliphatic heterocycles. The Morgan fingerprint density at radius 2 is 2.26 bits per heavy atom. The van der Waals surface area contributed by atoms with Crippen molar-refractivity contribution in [2.45, 2.75) is 64.2 Å². The van der Waals surface area contributed by atoms with E-state index in [9.17, 15) is 4.79 Å². The predicted molar refractivity (Wildman–Crippen MR) is 95.0 cm³/mol. The second kappa shape index (κ2) is 6.05. The lowest BCUT2D eigenvalue weighted by molar-refractivity contribution is -0.110. The maximum absolute atomic E-state index is 12.4. The molecule has 1 fully saturated rings. The molecule has 1 aromatic rings. The number of nitrogens with zero attached hydrogens (tertiary/aromatic N) is 1. The lowest BCUT2D eigenvalue weighted by Crippen LogP contribution is -2.53. The number of piperidine rings is 1. The van der Waals surface area contributed by atoms with E-state index in [4.69, 9.17) is 9.47 Å². The van der Waals surface area contributed by atoms with Gasteiger partial charge in [0.2, 0.25) is 0 Å². The van der Waals surface area contributed by atoms with E-state index in [0.717, 1.165) is 29.7 Å². The SMILES string of the molecule is CC1CC2(CCN1C(=O)OC(C)(C)C)OCCc1sc(Br)cc12. The Kier molecular flexibility index (Phi) is 4.53. The second-order valence-corrected chi connectivity index (χ2v) is 9.97. The zero-order valence-corrected chi connectivity index (χ0v) is 16.6. The van der Waals surface area contributed by atoms with E-state index in [0.29, 0.717) is 6.54 Å². The lowest BCUT2D eigenvalue weighted by Gasteiger charge is -2.47. The van der Waals surface area contributed by atoms with E-state index in [2.05, 4.69) is 28.9 Å². The fraction of sp³-hybridized carbons (Fsp3) is 0.706. The standard InChI is InChI=1S/C17H24BrNO3S/c1-11-10-17(6-7-19(11)15(20)22-16(2,3)4)12-9-14(18)23-13(12)5-8-21-17/h9,11H,5-8,10H2,1-4H3. The van der Waals surface area contributed by atoms with Crippen LogP contribution in [0.1, 0.15) is 51.0 Å². The molecule has 1 saturated heterocycles. The van der Waals surface area contributed by atoms with Gasteiger partial charge in [0.25, 0.3) is 0 Å². The van der Waals surface area contributed by atoms with E-state index in [1.165, 1.54) is 10.4 Å². The molecule has 0 saturated carbocycles. The third kappa shape index (κ3) is 3.44. The fourth-order valence-electron chi connectivity index (χ4n) is 3.56. The van der Waals surface area contributed by atoms with Gasteiger partial charge >= 0.3 is 6.09 Å². The first kappa shape index (κ1) is 17.2. The number of ether oxygens (including phenoxy) is 2. The molecule has 0 N–H and O–H groups in total. The Labute approximate surface area is 150 Å². The number of rotatable bonds is 0. The summed E-state index contributed by atoms with van der Waals surface area (Å²) in [5, 5.41) is 0. The summed E-state index contributed by atoms with van der Waals surface area (Å²) in [7, 11) is 0. The van der Waals surface area contributed by atoms with Gasteiger partial charge < -0.3 is 14.4 Å². The summed E-state index contributed by atoms with van der Waals surface area (Å²) in [4.78, 5) is 15.7. The highest BCUT2D eigenvalue weighted by Crippen LogP contribution is 2.47. The molecule has 1 aromatic heterocycles. The van der Waals surface area contributed by atoms with Crippen LogP contribution in [0.4, 0.5) is 4.79 Å². The van der Waals surface area contributed by atoms with Gasteiger partial charge in [0.15, 0.2) is 0 Å². The first-order chi connectivity index (χ1) is 10.7. The number of fused-ring (bicyclic) bond motifs is 2. The second-order valence-electron chi connectivity index (χ2n) is 7.46. The summed E-state index contributed by atoms with van der Waals surface area (Å²) in [5.74, 6) is 0. The third-order valence-electron chi connectivity index (χ3n) is 4.52. The highest BCUT2D eigenvalue weighted by Gasteiger charge is 2.46. The van der Waals surface area contributed by atoms with E-state index < -0.39 is 5.60 Å². The molecule has 128 valence electrons. The smallest absolute Gasteiger partial charge is 0.410 e. The maximum atomic E-state index is 12.4. The minimum Gasteiger partial charge on any atom is -0.444 e. The van der Waals surface area contributed by atoms with Gasteiger partial charge in [-0.25, -0.2) is 4.79 Å². The van der Waals surface area contributed by atoms with E-state index in [-0.39, 0.29) is 17.7 Å². The molecule has 2 unspecified atom stereocenters. The van der Waals surface area contributed by atoms with Crippen molar-refractivity contribution in [1.29, 1.82) is 0 Å². The van der Waals surface area contributed by atoms with Crippen LogP contribution in [0.3, 0.4) is 0 Å². The number of hydrogen-bond acceptors (Lipinski definition) is 4. The topological polar surface area (TPSA) is 38.8 Å². The van der Waals surface area contributed by atoms with Crippen molar-refractivity contribution in [3.05, 3.63) is 20.3 Å². The number of carbonyl (C=O) groups excluding carboxylic acids is 1. The Morgan fingerprint density at radius 1 is 1.52 bits per heavy atom. The van der Waals surface area contributed by atoms with Crippen LogP contribution in [0.15, 0.2) is 9.85 Å². The summed E-state index contributed by atoms with van der Waals surface area (Å²) in [5.41, 5.74) is 0.614. The quantitative estimate of drug-likeness (QED) is 0.632. The Morgan fingerprint density at radius 3 is 2.91 bits per heavy atom. The van der Waals surface area contributed by atoms with Gasteiger partial charge in [-0.15, -0.1) is 11.3 Å². The first-order valence-corrected chi connectivity index (χ1v) is 9.73. The van der Waals surface area contributed by atoms with Crippen molar-refractivity contribution in [3.8, 4) is 0 Å². The molecule has 2 aliphatic rings. The average Bonchev–Trinajstić information content (AvgIpc) is 2.79. The van der Waals surface area contributed by atoms with Gasteiger partial charge in [-0.05, 0) is 61.7 Å². The summed E-state index contributed by atoms with van der Waals surface area (Å²) in [6, 6.07) is 2.30. The average molecular weight is 402 g/mol. The van der Waals surface area contributed by atoms with Crippen LogP contribution in [0.2, 0.25) is 0 Å². The molecule has 3 rings (SSSR count). The predicted octanol–water partition coefficient (Wildman–Crippen LogP) is 4.70. The number of amides is 1. The molecule has 0 aromatic carbocycles. The highest BCUT2D eigenvalue weighted by atomic mass is 79.9. The van der Waals surface area contributed by atoms with Crippen molar-refractivity contribution >= 4 is 33.4 Å². The number of halogens is 1. The molecular weight excluding hydrogens is 378 g/mol. The van der Waals surface area contributed by atoms with Crippen LogP contribution < -0.4 is 0 Å². The number of likely N-dealkylation sites (tertiary alicyclic amines) is 1. The molecule has 0 radical (unpaired) electrons. The molecule has 4 nitrogen and oxygen atoms in total. The minimum atomic E-state index is -0.460. The molecule has 2 atom stereocenters. The van der Waals surface area contributed by atoms with Gasteiger partial charge in [0, 0.05) is 30.3 Å². The molecular formula is C17H24BrNO3S. The van der Waals surface area contributed by atoms with Crippen molar-refractivity contribution in [2.75, 3.05) is 13.2 Å². The molecule has 0 aliphatic carbocycles. The minimum absolute atomic E-state index is 0.100. The van der Waals surface area contributed by atoms with Crippen LogP contribution >= 0.6 is 27.3 Å². The molecule has 1 spiro atoms. The number of thiophene rings is 1. The molecule has 1 amide bonds. The molecule has 0 bridgehead atoms. The number of carbonyl (C=O) groups is 1. The lowest BCUT2D eigenvalue weighted by atomic mass is 9.79. The highest BCUT2D eigenvalue weighted by molar-refractivity contribution is 9.11. The van der Waals surface area contributed by atoms with Crippen LogP contribution in [-0.2, 0) is 21.5 Å². The Bertz CT molecular complexity index is 609. The maximum Gasteiger partial charge on any atom is 0.410 e. The van der Waals surface area contributed by atoms with Crippen LogP contribution in [0.5, 0.6) is 0 Å². The summed E-state index contributed by atoms with van der Waals surface area (Å²) >= 11 is 5.41. The summed E-state index contributed by atoms with van der Waals surface area (Å²) in [6.07, 6.45) is 2.41. The Hall–Kier alpha value is -0.590. The van der Waals surface area contributed by atoms with E-state index in [1.54, 1.807) is 11.3 Å². The normalized spacial score (nSPS) is 27.9. The van der Waals surface area contributed by atoms with Crippen LogP contribution in [0, 0.1) is 0 Å². The van der Waals surface area contributed by atoms with E-state index >= 15 is 0 Å². The van der Waals surface area contributed by atoms with Crippen molar-refractivity contribution in [2.24, 2.45) is 0 Å². The summed E-state index contributed by atoms with van der Waals surface area (Å²) < 4.78 is 13.0. The van der Waals surface area contributed by atoms with Gasteiger partial charge in [-0.2, -0.15) is 0 Å². The van der Waals surface area contributed by atoms with E-state index in [1.807, 2.05) is 25.7 Å². The fourth-order valence-corrected chi connectivity index (χ4v) is 5.33. The molecule has 3 heterocycles. The monoisotopic (exact) mass is 401 g/mol. The van der Waals surface area contributed by atoms with Crippen molar-refractivity contribution in [3.63, 3.8) is 0 Å². The van der Waals surface area contributed by atoms with Crippen LogP contribution in [-0.4, -0.2) is 35.8 Å². The van der Waals surface area contributed by atoms with Crippen LogP contribution in [0.25, 0.3) is 0 Å². The largest absolute Gasteiger partial charge is 0.444 e. The van der Waals surface area contributed by atoms with Gasteiger partial charge in [0.05, 0.1) is 16.0 Å². The third-order valence-corrected chi connectivity index (χ3v) is 6.22. The van der Waals surface area contributed by atoms with Gasteiger partial charge in [-0.1, -0.05) is 0 Å². The number of hydrogen-bond donors (Lipinski definition) is 0. The zero-order chi connectivity index (χ0) is 16.8. The van der Waals surface area contributed by atoms with Gasteiger partial charge in [-0.3, -0.25) is 0 Å². The van der Waals surface area contributed by atoms with Gasteiger partial charge in [0.1, 0.15) is 5.60 Å². The van der Waals surface area contributed by atoms with Crippen molar-refractivity contribution in [1.82, 2.24) is 4.90 Å². The molecule has 6 heteroatoms. The van der Waals surface area contributed by atoms with Crippen molar-refractivity contribution < 1.29 is 14.3 Å². The molecule has 23 heavy (non-hydrogen) atoms. The Balaban J connectivity index is 1.78. The first-order valence-electron chi connectivity index (χ1n) is 8.12. The summed E-state index contributed by atoms with van der Waals surface area (Å²) in [6.45, 7) is 9.23.